The van der Waals surface area contributed by atoms with Gasteiger partial charge in [0.05, 0.1) is 19.7 Å². The number of methoxy groups -OCH3 is 2. The Bertz CT molecular complexity index is 1360. The molecule has 0 amide bonds. The molecule has 3 aromatic carbocycles. The van der Waals surface area contributed by atoms with Crippen molar-refractivity contribution in [2.45, 2.75) is 13.5 Å². The fourth-order valence-corrected chi connectivity index (χ4v) is 4.13. The molecule has 0 atom stereocenters. The summed E-state index contributed by atoms with van der Waals surface area (Å²) in [7, 11) is 3.27. The second-order valence-corrected chi connectivity index (χ2v) is 7.64. The van der Waals surface area contributed by atoms with Crippen LogP contribution in [0, 0.1) is 6.92 Å². The van der Waals surface area contributed by atoms with Crippen molar-refractivity contribution in [3.8, 4) is 34.0 Å². The van der Waals surface area contributed by atoms with Crippen molar-refractivity contribution in [3.63, 3.8) is 0 Å². The molecule has 0 spiro atoms. The molecule has 2 aliphatic rings. The maximum Gasteiger partial charge on any atom is 0.161 e. The number of benzene rings is 3. The van der Waals surface area contributed by atoms with Gasteiger partial charge in [0.2, 0.25) is 0 Å². The first kappa shape index (κ1) is 19.1. The van der Waals surface area contributed by atoms with E-state index in [2.05, 4.69) is 70.3 Å². The quantitative estimate of drug-likeness (QED) is 0.380. The number of aryl methyl sites for hydroxylation is 1. The van der Waals surface area contributed by atoms with E-state index in [0.717, 1.165) is 40.0 Å². The van der Waals surface area contributed by atoms with Gasteiger partial charge < -0.3 is 14.0 Å². The smallest absolute Gasteiger partial charge is 0.161 e. The predicted octanol–water partition coefficient (Wildman–Crippen LogP) is 5.58. The van der Waals surface area contributed by atoms with Gasteiger partial charge >= 0.3 is 0 Å². The van der Waals surface area contributed by atoms with Crippen LogP contribution in [0.4, 0.5) is 0 Å². The summed E-state index contributed by atoms with van der Waals surface area (Å²) in [6.45, 7) is 2.89. The van der Waals surface area contributed by atoms with Gasteiger partial charge in [0.25, 0.3) is 0 Å². The normalized spacial score (nSPS) is 11.2. The van der Waals surface area contributed by atoms with Crippen molar-refractivity contribution in [3.05, 3.63) is 84.1 Å². The first-order valence-electron chi connectivity index (χ1n) is 10.2. The molecule has 0 saturated carbocycles. The molecule has 0 aliphatic carbocycles. The summed E-state index contributed by atoms with van der Waals surface area (Å²) in [6.07, 6.45) is 2.16. The van der Waals surface area contributed by atoms with Gasteiger partial charge in [0, 0.05) is 29.3 Å². The summed E-state index contributed by atoms with van der Waals surface area (Å²) >= 11 is 0. The van der Waals surface area contributed by atoms with E-state index in [1.54, 1.807) is 14.2 Å². The van der Waals surface area contributed by atoms with Crippen LogP contribution < -0.4 is 9.47 Å². The van der Waals surface area contributed by atoms with Gasteiger partial charge in [0.15, 0.2) is 11.5 Å². The molecule has 5 rings (SSSR count). The van der Waals surface area contributed by atoms with Crippen LogP contribution in [0.2, 0.25) is 0 Å². The monoisotopic (exact) mass is 409 g/mol. The van der Waals surface area contributed by atoms with Gasteiger partial charge in [0.1, 0.15) is 11.4 Å². The zero-order chi connectivity index (χ0) is 21.4. The number of rotatable bonds is 5. The summed E-state index contributed by atoms with van der Waals surface area (Å²) in [4.78, 5) is 0. The zero-order valence-electron chi connectivity index (χ0n) is 17.8. The van der Waals surface area contributed by atoms with Crippen molar-refractivity contribution in [1.29, 1.82) is 0 Å². The Morgan fingerprint density at radius 1 is 0.806 bits per heavy atom. The minimum absolute atomic E-state index is 0.671. The number of aromatic nitrogens is 3. The molecule has 2 aliphatic heterocycles. The van der Waals surface area contributed by atoms with Gasteiger partial charge in [-0.1, -0.05) is 48.0 Å². The molecular weight excluding hydrogens is 386 g/mol. The van der Waals surface area contributed by atoms with Crippen LogP contribution in [-0.4, -0.2) is 29.0 Å². The lowest BCUT2D eigenvalue weighted by Crippen LogP contribution is -2.04. The highest BCUT2D eigenvalue weighted by molar-refractivity contribution is 5.98. The van der Waals surface area contributed by atoms with Crippen LogP contribution in [0.25, 0.3) is 33.4 Å². The van der Waals surface area contributed by atoms with Gasteiger partial charge in [-0.05, 0) is 36.8 Å². The molecule has 154 valence electrons. The molecule has 0 aromatic heterocycles. The van der Waals surface area contributed by atoms with Crippen LogP contribution in [0.3, 0.4) is 0 Å². The summed E-state index contributed by atoms with van der Waals surface area (Å²) in [5.74, 6) is 1.36. The molecule has 3 aromatic rings. The van der Waals surface area contributed by atoms with E-state index >= 15 is 0 Å². The third-order valence-corrected chi connectivity index (χ3v) is 5.61. The summed E-state index contributed by atoms with van der Waals surface area (Å²) in [5.41, 5.74) is 7.34. The molecule has 0 radical (unpaired) electrons. The van der Waals surface area contributed by atoms with Gasteiger partial charge in [-0.15, -0.1) is 10.2 Å². The van der Waals surface area contributed by atoms with Crippen LogP contribution >= 0.6 is 0 Å². The summed E-state index contributed by atoms with van der Waals surface area (Å²) in [5, 5.41) is 10.2. The van der Waals surface area contributed by atoms with E-state index in [-0.39, 0.29) is 0 Å². The Hall–Kier alpha value is -3.86. The minimum atomic E-state index is 0.671. The van der Waals surface area contributed by atoms with Crippen LogP contribution in [0.1, 0.15) is 11.1 Å². The molecule has 31 heavy (non-hydrogen) atoms. The van der Waals surface area contributed by atoms with Crippen molar-refractivity contribution >= 4 is 10.9 Å². The number of pyridine rings is 1. The van der Waals surface area contributed by atoms with Crippen LogP contribution in [-0.2, 0) is 6.54 Å². The molecule has 5 nitrogen and oxygen atoms in total. The zero-order valence-corrected chi connectivity index (χ0v) is 17.8. The van der Waals surface area contributed by atoms with Crippen LogP contribution in [0.15, 0.2) is 72.9 Å². The van der Waals surface area contributed by atoms with E-state index in [1.807, 2.05) is 24.3 Å². The van der Waals surface area contributed by atoms with E-state index in [1.165, 1.54) is 11.1 Å². The Balaban J connectivity index is 1.69. The minimum Gasteiger partial charge on any atom is -0.493 e. The lowest BCUT2D eigenvalue weighted by atomic mass is 10.0. The second kappa shape index (κ2) is 7.76. The Morgan fingerprint density at radius 2 is 1.61 bits per heavy atom. The van der Waals surface area contributed by atoms with Crippen molar-refractivity contribution < 1.29 is 9.47 Å². The average Bonchev–Trinajstić information content (AvgIpc) is 3.23. The standard InChI is InChI=1S/C26H23N3O2/c1-17-7-6-8-18(13-17)15-29-16-21-25(19-11-12-23(30-2)24(14-19)31-3)27-28-26(21)20-9-4-5-10-22(20)29/h4-14,16H,15H2,1-3H3. The van der Waals surface area contributed by atoms with Gasteiger partial charge in [-0.3, -0.25) is 0 Å². The fraction of sp³-hybridized carbons (Fsp3) is 0.154. The predicted molar refractivity (Wildman–Crippen MR) is 123 cm³/mol. The van der Waals surface area contributed by atoms with E-state index in [4.69, 9.17) is 9.47 Å². The summed E-state index contributed by atoms with van der Waals surface area (Å²) in [6, 6.07) is 22.8. The number of fused-ring (bicyclic) bond motifs is 3. The first-order chi connectivity index (χ1) is 15.2. The number of para-hydroxylation sites is 1. The largest absolute Gasteiger partial charge is 0.493 e. The third kappa shape index (κ3) is 3.38. The Kier molecular flexibility index (Phi) is 4.79. The number of hydrogen-bond donors (Lipinski definition) is 0. The third-order valence-electron chi connectivity index (χ3n) is 5.61. The van der Waals surface area contributed by atoms with Crippen molar-refractivity contribution in [2.75, 3.05) is 14.2 Å². The highest BCUT2D eigenvalue weighted by Crippen LogP contribution is 2.39. The highest BCUT2D eigenvalue weighted by atomic mass is 16.5. The van der Waals surface area contributed by atoms with E-state index in [9.17, 15) is 0 Å². The van der Waals surface area contributed by atoms with Gasteiger partial charge in [-0.2, -0.15) is 0 Å². The molecular formula is C26H23N3O2. The van der Waals surface area contributed by atoms with E-state index < -0.39 is 0 Å². The maximum absolute atomic E-state index is 5.49. The first-order valence-corrected chi connectivity index (χ1v) is 10.2. The topological polar surface area (TPSA) is 49.2 Å². The number of nitrogens with zero attached hydrogens (tertiary/aromatic N) is 3. The Morgan fingerprint density at radius 3 is 2.42 bits per heavy atom. The summed E-state index contributed by atoms with van der Waals surface area (Å²) < 4.78 is 13.2. The molecule has 0 unspecified atom stereocenters. The second-order valence-electron chi connectivity index (χ2n) is 7.64. The molecule has 2 heterocycles. The number of hydrogen-bond acceptors (Lipinski definition) is 4. The van der Waals surface area contributed by atoms with Crippen molar-refractivity contribution in [2.24, 2.45) is 0 Å². The Labute approximate surface area is 181 Å². The van der Waals surface area contributed by atoms with Gasteiger partial charge in [-0.25, -0.2) is 0 Å². The maximum atomic E-state index is 5.49. The fourth-order valence-electron chi connectivity index (χ4n) is 4.13. The van der Waals surface area contributed by atoms with E-state index in [0.29, 0.717) is 11.5 Å². The van der Waals surface area contributed by atoms with Crippen LogP contribution in [0.5, 0.6) is 11.5 Å². The molecule has 0 N–H and O–H groups in total. The molecule has 5 heteroatoms. The lowest BCUT2D eigenvalue weighted by Gasteiger charge is -2.16. The van der Waals surface area contributed by atoms with Crippen molar-refractivity contribution in [1.82, 2.24) is 14.8 Å². The number of ether oxygens (including phenoxy) is 2. The molecule has 0 fully saturated rings. The lowest BCUT2D eigenvalue weighted by molar-refractivity contribution is 0.355. The average molecular weight is 409 g/mol. The SMILES string of the molecule is COc1ccc(-c2nnc3c4ccccc4n(Cc4cccc(C)c4)cc2-3)cc1OC. The molecule has 0 bridgehead atoms. The molecule has 0 saturated heterocycles. The highest BCUT2D eigenvalue weighted by Gasteiger charge is 2.21.